The summed E-state index contributed by atoms with van der Waals surface area (Å²) < 4.78 is 31.4. The fourth-order valence-electron chi connectivity index (χ4n) is 1.64. The van der Waals surface area contributed by atoms with E-state index in [1.54, 1.807) is 0 Å². The minimum absolute atomic E-state index is 0.0581. The molecule has 0 bridgehead atoms. The zero-order valence-corrected chi connectivity index (χ0v) is 12.4. The molecule has 0 saturated carbocycles. The molecule has 0 N–H and O–H groups in total. The Balaban J connectivity index is 3.65. The first kappa shape index (κ1) is 16.4. The smallest absolute Gasteiger partial charge is 0.361 e. The van der Waals surface area contributed by atoms with Crippen molar-refractivity contribution in [3.05, 3.63) is 29.3 Å². The van der Waals surface area contributed by atoms with Crippen LogP contribution in [0.1, 0.15) is 20.7 Å². The maximum atomic E-state index is 12.5. The number of carbonyl (C=O) groups excluding carboxylic acids is 2. The average molecular weight is 302 g/mol. The van der Waals surface area contributed by atoms with Gasteiger partial charge in [0.05, 0.1) is 30.7 Å². The van der Waals surface area contributed by atoms with Crippen molar-refractivity contribution in [3.8, 4) is 0 Å². The number of benzene rings is 1. The number of hydrogen-bond donors (Lipinski definition) is 0. The van der Waals surface area contributed by atoms with E-state index in [0.717, 1.165) is 7.11 Å². The van der Waals surface area contributed by atoms with E-state index in [0.29, 0.717) is 0 Å². The molecule has 0 aliphatic carbocycles. The van der Waals surface area contributed by atoms with E-state index in [9.17, 15) is 14.2 Å². The second-order valence-corrected chi connectivity index (χ2v) is 5.75. The molecule has 0 aromatic heterocycles. The van der Waals surface area contributed by atoms with Gasteiger partial charge in [-0.15, -0.1) is 0 Å². The van der Waals surface area contributed by atoms with Crippen LogP contribution >= 0.6 is 7.60 Å². The number of hydrogen-bond acceptors (Lipinski definition) is 7. The fourth-order valence-corrected chi connectivity index (χ4v) is 2.93. The van der Waals surface area contributed by atoms with Gasteiger partial charge in [-0.05, 0) is 12.1 Å². The van der Waals surface area contributed by atoms with E-state index in [1.165, 1.54) is 39.5 Å². The van der Waals surface area contributed by atoms with Gasteiger partial charge in [0.2, 0.25) is 0 Å². The number of methoxy groups -OCH3 is 2. The first-order chi connectivity index (χ1) is 9.45. The summed E-state index contributed by atoms with van der Waals surface area (Å²) >= 11 is 0. The predicted molar refractivity (Wildman–Crippen MR) is 70.4 cm³/mol. The van der Waals surface area contributed by atoms with Gasteiger partial charge in [0.1, 0.15) is 0 Å². The second kappa shape index (κ2) is 6.65. The van der Waals surface area contributed by atoms with Crippen molar-refractivity contribution >= 4 is 24.8 Å². The van der Waals surface area contributed by atoms with E-state index in [-0.39, 0.29) is 16.4 Å². The highest BCUT2D eigenvalue weighted by Crippen LogP contribution is 2.46. The summed E-state index contributed by atoms with van der Waals surface area (Å²) in [7, 11) is 0.942. The Morgan fingerprint density at radius 2 is 1.50 bits per heavy atom. The zero-order chi connectivity index (χ0) is 15.3. The lowest BCUT2D eigenvalue weighted by atomic mass is 10.1. The van der Waals surface area contributed by atoms with E-state index < -0.39 is 19.5 Å². The molecule has 0 unspecified atom stereocenters. The lowest BCUT2D eigenvalue weighted by Crippen LogP contribution is -2.23. The second-order valence-electron chi connectivity index (χ2n) is 3.55. The Morgan fingerprint density at radius 1 is 0.950 bits per heavy atom. The molecule has 1 aromatic carbocycles. The van der Waals surface area contributed by atoms with Gasteiger partial charge < -0.3 is 18.5 Å². The van der Waals surface area contributed by atoms with Crippen molar-refractivity contribution in [2.75, 3.05) is 28.4 Å². The first-order valence-corrected chi connectivity index (χ1v) is 7.01. The number of carbonyl (C=O) groups is 2. The van der Waals surface area contributed by atoms with E-state index in [4.69, 9.17) is 9.05 Å². The quantitative estimate of drug-likeness (QED) is 0.599. The highest BCUT2D eigenvalue weighted by molar-refractivity contribution is 7.62. The Bertz CT molecular complexity index is 559. The number of ether oxygens (including phenoxy) is 2. The third kappa shape index (κ3) is 2.90. The van der Waals surface area contributed by atoms with Gasteiger partial charge in [-0.25, -0.2) is 9.59 Å². The van der Waals surface area contributed by atoms with Crippen molar-refractivity contribution < 1.29 is 32.7 Å². The van der Waals surface area contributed by atoms with Crippen LogP contribution < -0.4 is 5.30 Å². The summed E-state index contributed by atoms with van der Waals surface area (Å²) in [5.74, 6) is -1.60. The maximum Gasteiger partial charge on any atom is 0.361 e. The van der Waals surface area contributed by atoms with Gasteiger partial charge in [0.15, 0.2) is 0 Å². The van der Waals surface area contributed by atoms with Gasteiger partial charge in [0.25, 0.3) is 0 Å². The van der Waals surface area contributed by atoms with Crippen LogP contribution in [0.3, 0.4) is 0 Å². The third-order valence-corrected chi connectivity index (χ3v) is 4.54. The lowest BCUT2D eigenvalue weighted by Gasteiger charge is -2.18. The highest BCUT2D eigenvalue weighted by Gasteiger charge is 2.34. The number of esters is 2. The van der Waals surface area contributed by atoms with Crippen molar-refractivity contribution in [1.29, 1.82) is 0 Å². The monoisotopic (exact) mass is 302 g/mol. The molecule has 0 atom stereocenters. The van der Waals surface area contributed by atoms with Gasteiger partial charge in [-0.3, -0.25) is 4.57 Å². The minimum atomic E-state index is -3.72. The fraction of sp³-hybridized carbons (Fsp3) is 0.333. The normalized spacial score (nSPS) is 11.0. The van der Waals surface area contributed by atoms with Crippen LogP contribution in [-0.4, -0.2) is 40.4 Å². The van der Waals surface area contributed by atoms with E-state index in [1.807, 2.05) is 0 Å². The van der Waals surface area contributed by atoms with Crippen LogP contribution in [0.25, 0.3) is 0 Å². The zero-order valence-electron chi connectivity index (χ0n) is 11.5. The molecule has 1 rings (SSSR count). The van der Waals surface area contributed by atoms with Gasteiger partial charge in [-0.2, -0.15) is 0 Å². The van der Waals surface area contributed by atoms with Crippen LogP contribution in [0.5, 0.6) is 0 Å². The molecule has 0 amide bonds. The standard InChI is InChI=1S/C12H15O7P/c1-16-11(13)8-6-5-7-9(10(8)12(14)17-2)20(15,18-3)19-4/h5-7H,1-4H3. The molecular formula is C12H15O7P. The van der Waals surface area contributed by atoms with E-state index in [2.05, 4.69) is 9.47 Å². The summed E-state index contributed by atoms with van der Waals surface area (Å²) in [5.41, 5.74) is -0.278. The van der Waals surface area contributed by atoms with Crippen LogP contribution in [0, 0.1) is 0 Å². The topological polar surface area (TPSA) is 88.1 Å². The molecule has 0 spiro atoms. The molecule has 0 fully saturated rings. The molecule has 0 aliphatic rings. The van der Waals surface area contributed by atoms with Gasteiger partial charge in [0, 0.05) is 14.2 Å². The van der Waals surface area contributed by atoms with Crippen molar-refractivity contribution in [2.24, 2.45) is 0 Å². The van der Waals surface area contributed by atoms with Crippen LogP contribution in [-0.2, 0) is 23.1 Å². The summed E-state index contributed by atoms with van der Waals surface area (Å²) in [6, 6.07) is 4.17. The Morgan fingerprint density at radius 3 is 1.95 bits per heavy atom. The summed E-state index contributed by atoms with van der Waals surface area (Å²) in [5, 5.41) is -0.0581. The van der Waals surface area contributed by atoms with E-state index >= 15 is 0 Å². The average Bonchev–Trinajstić information content (AvgIpc) is 2.51. The molecule has 0 heterocycles. The molecule has 1 aromatic rings. The largest absolute Gasteiger partial charge is 0.465 e. The van der Waals surface area contributed by atoms with Crippen LogP contribution in [0.15, 0.2) is 18.2 Å². The third-order valence-electron chi connectivity index (χ3n) is 2.61. The highest BCUT2D eigenvalue weighted by atomic mass is 31.2. The minimum Gasteiger partial charge on any atom is -0.465 e. The van der Waals surface area contributed by atoms with Gasteiger partial charge >= 0.3 is 19.5 Å². The summed E-state index contributed by atoms with van der Waals surface area (Å²) in [6.45, 7) is 0. The Hall–Kier alpha value is -1.69. The molecule has 0 saturated heterocycles. The predicted octanol–water partition coefficient (Wildman–Crippen LogP) is 1.37. The van der Waals surface area contributed by atoms with Crippen LogP contribution in [0.4, 0.5) is 0 Å². The number of rotatable bonds is 5. The Kier molecular flexibility index (Phi) is 5.44. The van der Waals surface area contributed by atoms with Crippen molar-refractivity contribution in [1.82, 2.24) is 0 Å². The maximum absolute atomic E-state index is 12.5. The molecule has 110 valence electrons. The Labute approximate surface area is 116 Å². The first-order valence-electron chi connectivity index (χ1n) is 5.46. The summed E-state index contributed by atoms with van der Waals surface area (Å²) in [4.78, 5) is 23.6. The molecule has 8 heteroatoms. The molecular weight excluding hydrogens is 287 g/mol. The molecule has 7 nitrogen and oxygen atoms in total. The molecule has 20 heavy (non-hydrogen) atoms. The lowest BCUT2D eigenvalue weighted by molar-refractivity contribution is 0.0556. The SMILES string of the molecule is COC(=O)c1cccc(P(=O)(OC)OC)c1C(=O)OC. The van der Waals surface area contributed by atoms with Gasteiger partial charge in [-0.1, -0.05) is 6.07 Å². The van der Waals surface area contributed by atoms with Crippen molar-refractivity contribution in [3.63, 3.8) is 0 Å². The summed E-state index contributed by atoms with van der Waals surface area (Å²) in [6.07, 6.45) is 0. The van der Waals surface area contributed by atoms with Crippen molar-refractivity contribution in [2.45, 2.75) is 0 Å². The molecule has 0 radical (unpaired) electrons. The van der Waals surface area contributed by atoms with Crippen LogP contribution in [0.2, 0.25) is 0 Å². The molecule has 0 aliphatic heterocycles.